The van der Waals surface area contributed by atoms with Crippen LogP contribution in [0.5, 0.6) is 0 Å². The molecule has 6 heteroatoms. The number of carbonyl (C=O) groups is 1. The molecule has 0 spiro atoms. The minimum Gasteiger partial charge on any atom is -0.308 e. The van der Waals surface area contributed by atoms with E-state index in [1.807, 2.05) is 55.5 Å². The number of hydrogen-bond donors (Lipinski definition) is 1. The molecule has 1 N–H and O–H groups in total. The molecule has 0 aromatic heterocycles. The van der Waals surface area contributed by atoms with Crippen molar-refractivity contribution in [1.29, 1.82) is 0 Å². The van der Waals surface area contributed by atoms with Gasteiger partial charge in [-0.3, -0.25) is 9.52 Å². The number of rotatable bonds is 5. The largest absolute Gasteiger partial charge is 0.308 e. The van der Waals surface area contributed by atoms with E-state index in [0.717, 1.165) is 22.4 Å². The van der Waals surface area contributed by atoms with Crippen molar-refractivity contribution in [2.24, 2.45) is 0 Å². The molecule has 0 saturated carbocycles. The Morgan fingerprint density at radius 1 is 0.931 bits per heavy atom. The number of aryl methyl sites for hydroxylation is 2. The first-order valence-electron chi connectivity index (χ1n) is 9.49. The van der Waals surface area contributed by atoms with Gasteiger partial charge in [0, 0.05) is 17.8 Å². The summed E-state index contributed by atoms with van der Waals surface area (Å²) in [6.07, 6.45) is 1.01. The molecular formula is C23H22N2O3S. The highest BCUT2D eigenvalue weighted by atomic mass is 32.2. The van der Waals surface area contributed by atoms with Gasteiger partial charge in [0.2, 0.25) is 5.91 Å². The van der Waals surface area contributed by atoms with E-state index < -0.39 is 10.0 Å². The third-order valence-corrected chi connectivity index (χ3v) is 6.39. The summed E-state index contributed by atoms with van der Waals surface area (Å²) in [5.41, 5.74) is 4.24. The minimum absolute atomic E-state index is 0.0782. The van der Waals surface area contributed by atoms with E-state index in [0.29, 0.717) is 25.1 Å². The summed E-state index contributed by atoms with van der Waals surface area (Å²) in [5, 5.41) is 0. The molecule has 1 amide bonds. The van der Waals surface area contributed by atoms with Crippen LogP contribution < -0.4 is 9.62 Å². The smallest absolute Gasteiger partial charge is 0.261 e. The quantitative estimate of drug-likeness (QED) is 0.688. The van der Waals surface area contributed by atoms with Crippen LogP contribution in [0.3, 0.4) is 0 Å². The van der Waals surface area contributed by atoms with Crippen LogP contribution in [0.2, 0.25) is 0 Å². The number of benzene rings is 3. The number of sulfonamides is 1. The molecule has 0 saturated heterocycles. The monoisotopic (exact) mass is 406 g/mol. The highest BCUT2D eigenvalue weighted by Gasteiger charge is 2.25. The molecule has 3 aromatic carbocycles. The molecule has 148 valence electrons. The molecule has 1 aliphatic rings. The number of nitrogens with one attached hydrogen (secondary N) is 1. The van der Waals surface area contributed by atoms with Crippen molar-refractivity contribution >= 4 is 27.3 Å². The topological polar surface area (TPSA) is 66.5 Å². The first-order chi connectivity index (χ1) is 13.9. The van der Waals surface area contributed by atoms with Gasteiger partial charge in [0.15, 0.2) is 0 Å². The number of amides is 1. The summed E-state index contributed by atoms with van der Waals surface area (Å²) >= 11 is 0. The molecule has 0 atom stereocenters. The van der Waals surface area contributed by atoms with Gasteiger partial charge in [0.1, 0.15) is 0 Å². The molecule has 0 aliphatic carbocycles. The fourth-order valence-corrected chi connectivity index (χ4v) is 4.71. The molecule has 3 aromatic rings. The van der Waals surface area contributed by atoms with Crippen LogP contribution in [-0.2, 0) is 27.8 Å². The average Bonchev–Trinajstić information content (AvgIpc) is 2.71. The number of hydrogen-bond acceptors (Lipinski definition) is 3. The van der Waals surface area contributed by atoms with Gasteiger partial charge >= 0.3 is 0 Å². The highest BCUT2D eigenvalue weighted by molar-refractivity contribution is 7.92. The van der Waals surface area contributed by atoms with Crippen molar-refractivity contribution in [2.75, 3.05) is 9.62 Å². The third-order valence-electron chi connectivity index (χ3n) is 5.02. The molecular weight excluding hydrogens is 384 g/mol. The number of nitrogens with zero attached hydrogens (tertiary/aromatic N) is 1. The van der Waals surface area contributed by atoms with E-state index in [2.05, 4.69) is 4.72 Å². The molecule has 1 heterocycles. The van der Waals surface area contributed by atoms with E-state index in [1.54, 1.807) is 29.2 Å². The van der Waals surface area contributed by atoms with Crippen molar-refractivity contribution in [3.8, 4) is 0 Å². The van der Waals surface area contributed by atoms with Gasteiger partial charge in [-0.25, -0.2) is 8.42 Å². The van der Waals surface area contributed by atoms with Gasteiger partial charge in [0.25, 0.3) is 10.0 Å². The Kier molecular flexibility index (Phi) is 5.11. The first kappa shape index (κ1) is 19.2. The molecule has 29 heavy (non-hydrogen) atoms. The fraction of sp³-hybridized carbons (Fsp3) is 0.174. The lowest BCUT2D eigenvalue weighted by Gasteiger charge is -2.30. The second-order valence-corrected chi connectivity index (χ2v) is 8.91. The molecule has 1 aliphatic heterocycles. The summed E-state index contributed by atoms with van der Waals surface area (Å²) < 4.78 is 28.1. The number of carbonyl (C=O) groups excluding carboxylic acids is 1. The van der Waals surface area contributed by atoms with Crippen LogP contribution in [0.1, 0.15) is 23.1 Å². The Labute approximate surface area is 171 Å². The maximum Gasteiger partial charge on any atom is 0.261 e. The minimum atomic E-state index is -3.67. The Balaban J connectivity index is 1.61. The molecule has 4 rings (SSSR count). The second kappa shape index (κ2) is 7.72. The fourth-order valence-electron chi connectivity index (χ4n) is 3.56. The van der Waals surface area contributed by atoms with E-state index >= 15 is 0 Å². The van der Waals surface area contributed by atoms with E-state index in [4.69, 9.17) is 0 Å². The van der Waals surface area contributed by atoms with Crippen LogP contribution >= 0.6 is 0 Å². The summed E-state index contributed by atoms with van der Waals surface area (Å²) in [6, 6.07) is 22.0. The lowest BCUT2D eigenvalue weighted by atomic mass is 10.00. The number of fused-ring (bicyclic) bond motifs is 1. The summed E-state index contributed by atoms with van der Waals surface area (Å²) in [4.78, 5) is 14.5. The van der Waals surface area contributed by atoms with Gasteiger partial charge in [-0.05, 0) is 60.4 Å². The second-order valence-electron chi connectivity index (χ2n) is 7.23. The van der Waals surface area contributed by atoms with E-state index in [9.17, 15) is 13.2 Å². The Bertz CT molecular complexity index is 1160. The molecule has 0 unspecified atom stereocenters. The average molecular weight is 407 g/mol. The lowest BCUT2D eigenvalue weighted by molar-refractivity contribution is -0.119. The van der Waals surface area contributed by atoms with Crippen LogP contribution in [0.25, 0.3) is 0 Å². The van der Waals surface area contributed by atoms with Crippen molar-refractivity contribution < 1.29 is 13.2 Å². The first-order valence-corrected chi connectivity index (χ1v) is 11.0. The summed E-state index contributed by atoms with van der Waals surface area (Å²) in [7, 11) is -3.67. The van der Waals surface area contributed by atoms with Crippen LogP contribution in [-0.4, -0.2) is 14.3 Å². The van der Waals surface area contributed by atoms with Crippen molar-refractivity contribution in [2.45, 2.75) is 31.2 Å². The van der Waals surface area contributed by atoms with Crippen LogP contribution in [0.4, 0.5) is 11.4 Å². The maximum absolute atomic E-state index is 12.7. The predicted molar refractivity (Wildman–Crippen MR) is 114 cm³/mol. The van der Waals surface area contributed by atoms with Gasteiger partial charge in [-0.15, -0.1) is 0 Å². The Hall–Kier alpha value is -3.12. The van der Waals surface area contributed by atoms with E-state index in [-0.39, 0.29) is 10.8 Å². The normalized spacial score (nSPS) is 13.8. The van der Waals surface area contributed by atoms with E-state index in [1.165, 1.54) is 0 Å². The molecule has 0 bridgehead atoms. The molecule has 5 nitrogen and oxygen atoms in total. The zero-order valence-corrected chi connectivity index (χ0v) is 16.9. The van der Waals surface area contributed by atoms with Gasteiger partial charge < -0.3 is 4.90 Å². The standard InChI is InChI=1S/C23H22N2O3S/c1-17-6-5-9-21(14-17)29(27,28)24-20-11-12-22-19(15-20)10-13-23(26)25(22)16-18-7-3-2-4-8-18/h2-9,11-12,14-15,24H,10,13,16H2,1H3. The van der Waals surface area contributed by atoms with Crippen molar-refractivity contribution in [3.63, 3.8) is 0 Å². The Morgan fingerprint density at radius 3 is 2.48 bits per heavy atom. The van der Waals surface area contributed by atoms with Gasteiger partial charge in [-0.1, -0.05) is 42.5 Å². The summed E-state index contributed by atoms with van der Waals surface area (Å²) in [6.45, 7) is 2.36. The zero-order valence-electron chi connectivity index (χ0n) is 16.1. The van der Waals surface area contributed by atoms with Crippen molar-refractivity contribution in [1.82, 2.24) is 0 Å². The van der Waals surface area contributed by atoms with Crippen LogP contribution in [0, 0.1) is 6.92 Å². The highest BCUT2D eigenvalue weighted by Crippen LogP contribution is 2.32. The number of anilines is 2. The zero-order chi connectivity index (χ0) is 20.4. The Morgan fingerprint density at radius 2 is 1.72 bits per heavy atom. The van der Waals surface area contributed by atoms with Crippen LogP contribution in [0.15, 0.2) is 77.7 Å². The molecule has 0 fully saturated rings. The van der Waals surface area contributed by atoms with Gasteiger partial charge in [0.05, 0.1) is 11.4 Å². The third kappa shape index (κ3) is 4.17. The summed E-state index contributed by atoms with van der Waals surface area (Å²) in [5.74, 6) is 0.0782. The SMILES string of the molecule is Cc1cccc(S(=O)(=O)Nc2ccc3c(c2)CCC(=O)N3Cc2ccccc2)c1. The van der Waals surface area contributed by atoms with Gasteiger partial charge in [-0.2, -0.15) is 0 Å². The van der Waals surface area contributed by atoms with Crippen molar-refractivity contribution in [3.05, 3.63) is 89.5 Å². The predicted octanol–water partition coefficient (Wildman–Crippen LogP) is 4.28. The maximum atomic E-state index is 12.7. The molecule has 0 radical (unpaired) electrons. The lowest BCUT2D eigenvalue weighted by Crippen LogP contribution is -2.34.